The summed E-state index contributed by atoms with van der Waals surface area (Å²) in [4.78, 5) is 28.2. The standard InChI is InChI=1S/C17H16N2O3S/c1-3-11-22-16(21)15-12(2)18-17(23-15)19-14(20)10-9-13-7-5-4-6-8-13/h3-10H,1,11H2,2H3,(H,18,19,20)/b10-9+. The van der Waals surface area contributed by atoms with Crippen molar-refractivity contribution in [2.75, 3.05) is 11.9 Å². The SMILES string of the molecule is C=CCOC(=O)c1sc(NC(=O)/C=C/c2ccccc2)nc1C. The number of aryl methyl sites for hydroxylation is 1. The lowest BCUT2D eigenvalue weighted by Crippen LogP contribution is -2.07. The van der Waals surface area contributed by atoms with E-state index < -0.39 is 5.97 Å². The predicted molar refractivity (Wildman–Crippen MR) is 91.4 cm³/mol. The monoisotopic (exact) mass is 328 g/mol. The molecule has 0 aliphatic carbocycles. The van der Waals surface area contributed by atoms with Crippen molar-refractivity contribution < 1.29 is 14.3 Å². The Morgan fingerprint density at radius 2 is 2.09 bits per heavy atom. The third-order valence-electron chi connectivity index (χ3n) is 2.77. The fourth-order valence-corrected chi connectivity index (χ4v) is 2.59. The summed E-state index contributed by atoms with van der Waals surface area (Å²) in [7, 11) is 0. The Balaban J connectivity index is 2.00. The average Bonchev–Trinajstić information content (AvgIpc) is 2.92. The van der Waals surface area contributed by atoms with Crippen LogP contribution in [0.3, 0.4) is 0 Å². The van der Waals surface area contributed by atoms with E-state index in [1.54, 1.807) is 13.0 Å². The van der Waals surface area contributed by atoms with Crippen LogP contribution in [0.4, 0.5) is 5.13 Å². The van der Waals surface area contributed by atoms with Gasteiger partial charge in [0.1, 0.15) is 11.5 Å². The molecular formula is C17H16N2O3S. The molecule has 0 saturated carbocycles. The highest BCUT2D eigenvalue weighted by Crippen LogP contribution is 2.23. The van der Waals surface area contributed by atoms with Gasteiger partial charge in [-0.15, -0.1) is 0 Å². The van der Waals surface area contributed by atoms with Gasteiger partial charge in [-0.05, 0) is 18.6 Å². The molecule has 1 heterocycles. The van der Waals surface area contributed by atoms with Crippen LogP contribution in [0.15, 0.2) is 49.1 Å². The summed E-state index contributed by atoms with van der Waals surface area (Å²) in [6.45, 7) is 5.31. The van der Waals surface area contributed by atoms with Gasteiger partial charge in [-0.25, -0.2) is 9.78 Å². The fraction of sp³-hybridized carbons (Fsp3) is 0.118. The Morgan fingerprint density at radius 3 is 2.78 bits per heavy atom. The lowest BCUT2D eigenvalue weighted by Gasteiger charge is -1.98. The number of carbonyl (C=O) groups excluding carboxylic acids is 2. The van der Waals surface area contributed by atoms with Crippen LogP contribution in [0.5, 0.6) is 0 Å². The summed E-state index contributed by atoms with van der Waals surface area (Å²) < 4.78 is 4.97. The van der Waals surface area contributed by atoms with Crippen molar-refractivity contribution in [3.8, 4) is 0 Å². The number of nitrogens with one attached hydrogen (secondary N) is 1. The lowest BCUT2D eigenvalue weighted by molar-refractivity contribution is -0.111. The van der Waals surface area contributed by atoms with Crippen molar-refractivity contribution in [3.05, 3.63) is 65.2 Å². The van der Waals surface area contributed by atoms with Crippen molar-refractivity contribution in [1.82, 2.24) is 4.98 Å². The summed E-state index contributed by atoms with van der Waals surface area (Å²) in [5.41, 5.74) is 1.44. The average molecular weight is 328 g/mol. The van der Waals surface area contributed by atoms with Crippen molar-refractivity contribution in [2.24, 2.45) is 0 Å². The molecule has 5 nitrogen and oxygen atoms in total. The highest BCUT2D eigenvalue weighted by atomic mass is 32.1. The molecule has 1 aromatic carbocycles. The van der Waals surface area contributed by atoms with E-state index in [4.69, 9.17) is 4.74 Å². The van der Waals surface area contributed by atoms with E-state index in [0.717, 1.165) is 16.9 Å². The number of esters is 1. The second kappa shape index (κ2) is 8.05. The number of anilines is 1. The largest absolute Gasteiger partial charge is 0.457 e. The van der Waals surface area contributed by atoms with E-state index in [1.807, 2.05) is 30.3 Å². The molecule has 0 fully saturated rings. The molecule has 0 unspecified atom stereocenters. The fourth-order valence-electron chi connectivity index (χ4n) is 1.72. The number of hydrogen-bond donors (Lipinski definition) is 1. The van der Waals surface area contributed by atoms with Gasteiger partial charge in [0.05, 0.1) is 5.69 Å². The van der Waals surface area contributed by atoms with Gasteiger partial charge in [0, 0.05) is 6.08 Å². The van der Waals surface area contributed by atoms with Crippen LogP contribution >= 0.6 is 11.3 Å². The minimum Gasteiger partial charge on any atom is -0.457 e. The summed E-state index contributed by atoms with van der Waals surface area (Å²) in [6.07, 6.45) is 4.61. The number of hydrogen-bond acceptors (Lipinski definition) is 5. The number of amides is 1. The number of thiazole rings is 1. The number of nitrogens with zero attached hydrogens (tertiary/aromatic N) is 1. The summed E-state index contributed by atoms with van der Waals surface area (Å²) in [5, 5.41) is 3.00. The molecule has 0 saturated heterocycles. The molecule has 1 amide bonds. The molecule has 23 heavy (non-hydrogen) atoms. The molecule has 1 aromatic heterocycles. The number of benzene rings is 1. The second-order valence-corrected chi connectivity index (χ2v) is 5.55. The normalized spacial score (nSPS) is 10.5. The van der Waals surface area contributed by atoms with Crippen molar-refractivity contribution in [3.63, 3.8) is 0 Å². The third kappa shape index (κ3) is 4.89. The Kier molecular flexibility index (Phi) is 5.82. The van der Waals surface area contributed by atoms with E-state index in [-0.39, 0.29) is 12.5 Å². The molecule has 1 N–H and O–H groups in total. The highest BCUT2D eigenvalue weighted by molar-refractivity contribution is 7.17. The van der Waals surface area contributed by atoms with Gasteiger partial charge in [-0.3, -0.25) is 10.1 Å². The van der Waals surface area contributed by atoms with Gasteiger partial charge in [0.15, 0.2) is 5.13 Å². The molecule has 118 valence electrons. The summed E-state index contributed by atoms with van der Waals surface area (Å²) in [6, 6.07) is 9.48. The molecule has 2 rings (SSSR count). The van der Waals surface area contributed by atoms with Crippen molar-refractivity contribution in [1.29, 1.82) is 0 Å². The number of ether oxygens (including phenoxy) is 1. The number of aromatic nitrogens is 1. The zero-order valence-corrected chi connectivity index (χ0v) is 13.4. The Morgan fingerprint density at radius 1 is 1.35 bits per heavy atom. The van der Waals surface area contributed by atoms with E-state index in [0.29, 0.717) is 15.7 Å². The lowest BCUT2D eigenvalue weighted by atomic mass is 10.2. The van der Waals surface area contributed by atoms with Gasteiger partial charge in [0.2, 0.25) is 5.91 Å². The third-order valence-corrected chi connectivity index (χ3v) is 3.82. The summed E-state index contributed by atoms with van der Waals surface area (Å²) in [5.74, 6) is -0.783. The van der Waals surface area contributed by atoms with Crippen LogP contribution in [0.25, 0.3) is 6.08 Å². The first kappa shape index (κ1) is 16.6. The molecule has 0 aliphatic rings. The molecule has 0 aliphatic heterocycles. The second-order valence-electron chi connectivity index (χ2n) is 4.55. The van der Waals surface area contributed by atoms with E-state index in [9.17, 15) is 9.59 Å². The zero-order valence-electron chi connectivity index (χ0n) is 12.6. The zero-order chi connectivity index (χ0) is 16.7. The maximum absolute atomic E-state index is 11.9. The maximum atomic E-state index is 11.9. The Hall–Kier alpha value is -2.73. The minimum atomic E-state index is -0.472. The molecule has 0 spiro atoms. The number of carbonyl (C=O) groups is 2. The first-order chi connectivity index (χ1) is 11.1. The first-order valence-electron chi connectivity index (χ1n) is 6.89. The van der Waals surface area contributed by atoms with Crippen LogP contribution in [0, 0.1) is 6.92 Å². The van der Waals surface area contributed by atoms with E-state index in [2.05, 4.69) is 16.9 Å². The topological polar surface area (TPSA) is 68.3 Å². The number of rotatable bonds is 6. The Labute approximate surface area is 138 Å². The van der Waals surface area contributed by atoms with Crippen LogP contribution in [-0.2, 0) is 9.53 Å². The predicted octanol–water partition coefficient (Wildman–Crippen LogP) is 3.45. The minimum absolute atomic E-state index is 0.137. The van der Waals surface area contributed by atoms with Crippen LogP contribution < -0.4 is 5.32 Å². The molecule has 6 heteroatoms. The highest BCUT2D eigenvalue weighted by Gasteiger charge is 2.17. The molecule has 0 bridgehead atoms. The van der Waals surface area contributed by atoms with Crippen LogP contribution in [-0.4, -0.2) is 23.5 Å². The quantitative estimate of drug-likeness (QED) is 0.501. The van der Waals surface area contributed by atoms with Crippen LogP contribution in [0.1, 0.15) is 20.9 Å². The smallest absolute Gasteiger partial charge is 0.350 e. The van der Waals surface area contributed by atoms with Gasteiger partial charge in [-0.2, -0.15) is 0 Å². The van der Waals surface area contributed by atoms with Crippen LogP contribution in [0.2, 0.25) is 0 Å². The van der Waals surface area contributed by atoms with Gasteiger partial charge >= 0.3 is 5.97 Å². The molecule has 0 radical (unpaired) electrons. The van der Waals surface area contributed by atoms with Gasteiger partial charge in [0.25, 0.3) is 0 Å². The molecular weight excluding hydrogens is 312 g/mol. The summed E-state index contributed by atoms with van der Waals surface area (Å²) >= 11 is 1.08. The maximum Gasteiger partial charge on any atom is 0.350 e. The van der Waals surface area contributed by atoms with E-state index in [1.165, 1.54) is 12.2 Å². The van der Waals surface area contributed by atoms with Gasteiger partial charge < -0.3 is 4.74 Å². The first-order valence-corrected chi connectivity index (χ1v) is 7.71. The van der Waals surface area contributed by atoms with Crippen molar-refractivity contribution >= 4 is 34.4 Å². The van der Waals surface area contributed by atoms with E-state index >= 15 is 0 Å². The molecule has 2 aromatic rings. The molecule has 0 atom stereocenters. The van der Waals surface area contributed by atoms with Gasteiger partial charge in [-0.1, -0.05) is 54.3 Å². The Bertz CT molecular complexity index is 736. The van der Waals surface area contributed by atoms with Crippen molar-refractivity contribution in [2.45, 2.75) is 6.92 Å².